The summed E-state index contributed by atoms with van der Waals surface area (Å²) in [5, 5.41) is 6.20. The Bertz CT molecular complexity index is 784. The van der Waals surface area contributed by atoms with E-state index in [-0.39, 0.29) is 24.0 Å². The van der Waals surface area contributed by atoms with Crippen LogP contribution in [0, 0.1) is 0 Å². The van der Waals surface area contributed by atoms with Crippen LogP contribution in [0.3, 0.4) is 0 Å². The van der Waals surface area contributed by atoms with Crippen LogP contribution >= 0.6 is 24.0 Å². The first-order valence-corrected chi connectivity index (χ1v) is 10.4. The first-order valence-electron chi connectivity index (χ1n) is 8.88. The van der Waals surface area contributed by atoms with Crippen molar-refractivity contribution in [2.75, 3.05) is 25.9 Å². The Hall–Kier alpha value is -1.62. The van der Waals surface area contributed by atoms with Crippen LogP contribution < -0.4 is 10.6 Å². The van der Waals surface area contributed by atoms with Gasteiger partial charge in [-0.3, -0.25) is 9.20 Å². The molecule has 29 heavy (non-hydrogen) atoms. The van der Waals surface area contributed by atoms with E-state index < -0.39 is 22.5 Å². The summed E-state index contributed by atoms with van der Waals surface area (Å²) in [7, 11) is 0.662. The maximum absolute atomic E-state index is 12.6. The quantitative estimate of drug-likeness (QED) is 0.303. The fraction of sp³-hybridized carbons (Fsp3) is 0.350. The van der Waals surface area contributed by atoms with Crippen LogP contribution in [0.15, 0.2) is 59.6 Å². The number of hydrogen-bond acceptors (Lipinski definition) is 2. The molecule has 0 aliphatic heterocycles. The van der Waals surface area contributed by atoms with Crippen molar-refractivity contribution in [1.29, 1.82) is 0 Å². The first-order chi connectivity index (χ1) is 13.4. The molecule has 2 N–H and O–H groups in total. The van der Waals surface area contributed by atoms with Gasteiger partial charge in [-0.05, 0) is 29.7 Å². The Morgan fingerprint density at radius 3 is 2.17 bits per heavy atom. The number of halogens is 4. The van der Waals surface area contributed by atoms with Crippen molar-refractivity contribution in [3.05, 3.63) is 71.3 Å². The number of alkyl halides is 3. The van der Waals surface area contributed by atoms with Crippen molar-refractivity contribution in [1.82, 2.24) is 10.6 Å². The van der Waals surface area contributed by atoms with Gasteiger partial charge in [-0.15, -0.1) is 24.0 Å². The van der Waals surface area contributed by atoms with Crippen LogP contribution in [0.5, 0.6) is 0 Å². The lowest BCUT2D eigenvalue weighted by Crippen LogP contribution is -2.40. The third kappa shape index (κ3) is 9.62. The van der Waals surface area contributed by atoms with Crippen LogP contribution in [-0.2, 0) is 29.1 Å². The molecule has 0 saturated carbocycles. The van der Waals surface area contributed by atoms with E-state index in [1.54, 1.807) is 7.05 Å². The standard InChI is InChI=1S/C20H24F3N3OS.HI/c1-24-19(26-13-14-28(27)15-17-5-3-2-4-6-17)25-12-11-16-7-9-18(10-8-16)20(21,22)23;/h2-10H,11-15H2,1H3,(H2,24,25,26);1H. The Balaban J connectivity index is 0.00000420. The van der Waals surface area contributed by atoms with Gasteiger partial charge in [-0.25, -0.2) is 0 Å². The van der Waals surface area contributed by atoms with Crippen molar-refractivity contribution in [2.45, 2.75) is 18.3 Å². The molecule has 0 bridgehead atoms. The van der Waals surface area contributed by atoms with Gasteiger partial charge in [-0.2, -0.15) is 13.2 Å². The molecule has 0 spiro atoms. The van der Waals surface area contributed by atoms with E-state index in [0.29, 0.717) is 37.0 Å². The summed E-state index contributed by atoms with van der Waals surface area (Å²) in [5.41, 5.74) is 1.20. The van der Waals surface area contributed by atoms with E-state index in [1.165, 1.54) is 12.1 Å². The summed E-state index contributed by atoms with van der Waals surface area (Å²) >= 11 is 0. The minimum Gasteiger partial charge on any atom is -0.356 e. The van der Waals surface area contributed by atoms with Gasteiger partial charge in [0.25, 0.3) is 0 Å². The van der Waals surface area contributed by atoms with Gasteiger partial charge in [0.1, 0.15) is 0 Å². The molecule has 0 aromatic heterocycles. The van der Waals surface area contributed by atoms with Gasteiger partial charge in [-0.1, -0.05) is 42.5 Å². The molecule has 2 rings (SSSR count). The number of aliphatic imine (C=N–C) groups is 1. The average molecular weight is 539 g/mol. The Labute approximate surface area is 188 Å². The van der Waals surface area contributed by atoms with E-state index >= 15 is 0 Å². The molecule has 0 heterocycles. The van der Waals surface area contributed by atoms with E-state index in [1.807, 2.05) is 30.3 Å². The normalized spacial score (nSPS) is 12.8. The number of guanidine groups is 1. The highest BCUT2D eigenvalue weighted by Gasteiger charge is 2.29. The van der Waals surface area contributed by atoms with Gasteiger partial charge < -0.3 is 10.6 Å². The largest absolute Gasteiger partial charge is 0.416 e. The molecular weight excluding hydrogens is 514 g/mol. The molecule has 4 nitrogen and oxygen atoms in total. The van der Waals surface area contributed by atoms with Gasteiger partial charge in [0.2, 0.25) is 0 Å². The van der Waals surface area contributed by atoms with E-state index in [4.69, 9.17) is 0 Å². The highest BCUT2D eigenvalue weighted by atomic mass is 127. The fourth-order valence-electron chi connectivity index (χ4n) is 2.52. The zero-order valence-electron chi connectivity index (χ0n) is 16.0. The van der Waals surface area contributed by atoms with E-state index in [9.17, 15) is 17.4 Å². The van der Waals surface area contributed by atoms with E-state index in [2.05, 4.69) is 15.6 Å². The lowest BCUT2D eigenvalue weighted by molar-refractivity contribution is -0.137. The summed E-state index contributed by atoms with van der Waals surface area (Å²) in [6.45, 7) is 1.04. The molecule has 0 radical (unpaired) electrons. The fourth-order valence-corrected chi connectivity index (χ4v) is 3.56. The lowest BCUT2D eigenvalue weighted by atomic mass is 10.1. The summed E-state index contributed by atoms with van der Waals surface area (Å²) < 4.78 is 49.8. The molecule has 0 fully saturated rings. The minimum atomic E-state index is -4.32. The number of rotatable bonds is 8. The van der Waals surface area contributed by atoms with E-state index in [0.717, 1.165) is 23.3 Å². The van der Waals surface area contributed by atoms with Crippen molar-refractivity contribution in [3.63, 3.8) is 0 Å². The molecule has 2 aromatic carbocycles. The average Bonchev–Trinajstić information content (AvgIpc) is 2.67. The molecule has 1 unspecified atom stereocenters. The highest BCUT2D eigenvalue weighted by Crippen LogP contribution is 2.29. The highest BCUT2D eigenvalue weighted by molar-refractivity contribution is 14.0. The number of benzene rings is 2. The van der Waals surface area contributed by atoms with Gasteiger partial charge >= 0.3 is 6.18 Å². The summed E-state index contributed by atoms with van der Waals surface area (Å²) in [4.78, 5) is 4.09. The molecule has 0 amide bonds. The van der Waals surface area contributed by atoms with Gasteiger partial charge in [0.15, 0.2) is 5.96 Å². The smallest absolute Gasteiger partial charge is 0.356 e. The molecule has 0 saturated heterocycles. The lowest BCUT2D eigenvalue weighted by Gasteiger charge is -2.12. The van der Waals surface area contributed by atoms with Crippen LogP contribution in [0.4, 0.5) is 13.2 Å². The van der Waals surface area contributed by atoms with Crippen LogP contribution in [0.1, 0.15) is 16.7 Å². The number of nitrogens with zero attached hydrogens (tertiary/aromatic N) is 1. The molecule has 0 aliphatic carbocycles. The van der Waals surface area contributed by atoms with Crippen molar-refractivity contribution < 1.29 is 17.4 Å². The molecule has 9 heteroatoms. The predicted molar refractivity (Wildman–Crippen MR) is 123 cm³/mol. The number of nitrogens with one attached hydrogen (secondary N) is 2. The third-order valence-corrected chi connectivity index (χ3v) is 5.32. The second-order valence-corrected chi connectivity index (χ2v) is 7.72. The molecular formula is C20H25F3IN3OS. The van der Waals surface area contributed by atoms with Crippen LogP contribution in [0.25, 0.3) is 0 Å². The minimum absolute atomic E-state index is 0. The molecule has 2 aromatic rings. The van der Waals surface area contributed by atoms with Gasteiger partial charge in [0.05, 0.1) is 5.56 Å². The maximum Gasteiger partial charge on any atom is 0.416 e. The summed E-state index contributed by atoms with van der Waals surface area (Å²) in [5.74, 6) is 1.58. The molecule has 0 aliphatic rings. The van der Waals surface area contributed by atoms with Crippen LogP contribution in [-0.4, -0.2) is 36.1 Å². The molecule has 160 valence electrons. The summed E-state index contributed by atoms with van der Waals surface area (Å²) in [6, 6.07) is 14.8. The zero-order chi connectivity index (χ0) is 20.4. The van der Waals surface area contributed by atoms with Gasteiger partial charge in [0, 0.05) is 42.4 Å². The Morgan fingerprint density at radius 1 is 0.966 bits per heavy atom. The predicted octanol–water partition coefficient (Wildman–Crippen LogP) is 3.98. The maximum atomic E-state index is 12.6. The molecule has 1 atom stereocenters. The third-order valence-electron chi connectivity index (χ3n) is 4.00. The van der Waals surface area contributed by atoms with Crippen molar-refractivity contribution in [3.8, 4) is 0 Å². The second-order valence-electron chi connectivity index (χ2n) is 6.14. The monoisotopic (exact) mass is 539 g/mol. The SMILES string of the molecule is CN=C(NCCc1ccc(C(F)(F)F)cc1)NCCS(=O)Cc1ccccc1.I. The zero-order valence-corrected chi connectivity index (χ0v) is 19.2. The second kappa shape index (κ2) is 12.8. The Kier molecular flexibility index (Phi) is 11.3. The summed E-state index contributed by atoms with van der Waals surface area (Å²) in [6.07, 6.45) is -3.75. The van der Waals surface area contributed by atoms with Crippen LogP contribution in [0.2, 0.25) is 0 Å². The topological polar surface area (TPSA) is 53.5 Å². The Morgan fingerprint density at radius 2 is 1.59 bits per heavy atom. The number of hydrogen-bond donors (Lipinski definition) is 2. The first kappa shape index (κ1) is 25.4. The van der Waals surface area contributed by atoms with Crippen molar-refractivity contribution in [2.24, 2.45) is 4.99 Å². The van der Waals surface area contributed by atoms with Crippen molar-refractivity contribution >= 4 is 40.7 Å².